The molecule has 2 aromatic rings. The first-order chi connectivity index (χ1) is 14.0. The van der Waals surface area contributed by atoms with Crippen LogP contribution in [-0.4, -0.2) is 43.7 Å². The summed E-state index contributed by atoms with van der Waals surface area (Å²) in [4.78, 5) is 42.7. The number of rotatable bonds is 4. The Morgan fingerprint density at radius 1 is 1.20 bits per heavy atom. The third-order valence-corrected chi connectivity index (χ3v) is 5.37. The molecule has 3 heterocycles. The van der Waals surface area contributed by atoms with E-state index in [9.17, 15) is 14.4 Å². The molecular weight excluding hydrogens is 402 g/mol. The number of thioether (sulfide) groups is 1. The summed E-state index contributed by atoms with van der Waals surface area (Å²) in [5, 5.41) is -0.480. The van der Waals surface area contributed by atoms with Crippen LogP contribution in [0.1, 0.15) is 43.3 Å². The molecule has 8 heteroatoms. The second-order valence-electron chi connectivity index (χ2n) is 8.21. The summed E-state index contributed by atoms with van der Waals surface area (Å²) in [6, 6.07) is 5.87. The second kappa shape index (κ2) is 8.10. The van der Waals surface area contributed by atoms with Crippen LogP contribution in [0, 0.1) is 20.8 Å². The molecule has 3 rings (SSSR count). The molecule has 0 aromatic carbocycles. The minimum absolute atomic E-state index is 0.278. The highest BCUT2D eigenvalue weighted by Gasteiger charge is 2.37. The predicted molar refractivity (Wildman–Crippen MR) is 116 cm³/mol. The van der Waals surface area contributed by atoms with E-state index in [1.54, 1.807) is 33.0 Å². The zero-order valence-electron chi connectivity index (χ0n) is 18.0. The van der Waals surface area contributed by atoms with E-state index in [4.69, 9.17) is 4.74 Å². The first kappa shape index (κ1) is 21.8. The Labute approximate surface area is 180 Å². The summed E-state index contributed by atoms with van der Waals surface area (Å²) in [6.45, 7) is 10.7. The minimum atomic E-state index is -0.684. The van der Waals surface area contributed by atoms with Crippen molar-refractivity contribution in [2.24, 2.45) is 0 Å². The summed E-state index contributed by atoms with van der Waals surface area (Å²) in [5.41, 5.74) is 3.07. The lowest BCUT2D eigenvalue weighted by Gasteiger charge is -2.21. The Balaban J connectivity index is 1.85. The van der Waals surface area contributed by atoms with Crippen molar-refractivity contribution in [3.63, 3.8) is 0 Å². The van der Waals surface area contributed by atoms with Crippen LogP contribution in [0.25, 0.3) is 11.9 Å². The number of esters is 1. The van der Waals surface area contributed by atoms with E-state index in [-0.39, 0.29) is 4.91 Å². The molecule has 30 heavy (non-hydrogen) atoms. The van der Waals surface area contributed by atoms with Crippen LogP contribution >= 0.6 is 11.8 Å². The fourth-order valence-electron chi connectivity index (χ4n) is 3.16. The zero-order chi connectivity index (χ0) is 22.2. The molecule has 0 radical (unpaired) electrons. The van der Waals surface area contributed by atoms with E-state index < -0.39 is 29.3 Å². The standard InChI is InChI=1S/C22H25N3O4S/c1-13-7-8-18(23-11-13)25-14(2)9-16(15(25)3)10-17-20(27)24(21(28)30-17)12-19(26)29-22(4,5)6/h7-11H,12H2,1-6H3/b17-10-. The third-order valence-electron chi connectivity index (χ3n) is 4.46. The molecule has 1 aliphatic heterocycles. The number of carbonyl (C=O) groups is 3. The minimum Gasteiger partial charge on any atom is -0.459 e. The van der Waals surface area contributed by atoms with Crippen molar-refractivity contribution in [2.75, 3.05) is 6.54 Å². The van der Waals surface area contributed by atoms with Crippen molar-refractivity contribution in [2.45, 2.75) is 47.1 Å². The molecular formula is C22H25N3O4S. The monoisotopic (exact) mass is 427 g/mol. The van der Waals surface area contributed by atoms with Crippen molar-refractivity contribution in [3.8, 4) is 5.82 Å². The molecule has 7 nitrogen and oxygen atoms in total. The van der Waals surface area contributed by atoms with Gasteiger partial charge in [-0.15, -0.1) is 0 Å². The smallest absolute Gasteiger partial charge is 0.326 e. The normalized spacial score (nSPS) is 15.9. The Hall–Kier alpha value is -2.87. The maximum absolute atomic E-state index is 12.7. The van der Waals surface area contributed by atoms with Gasteiger partial charge >= 0.3 is 5.97 Å². The maximum Gasteiger partial charge on any atom is 0.326 e. The SMILES string of the molecule is Cc1ccc(-n2c(C)cc(/C=C3\SC(=O)N(CC(=O)OC(C)(C)C)C3=O)c2C)nc1. The molecule has 1 fully saturated rings. The molecule has 0 saturated carbocycles. The van der Waals surface area contributed by atoms with Gasteiger partial charge in [0, 0.05) is 17.6 Å². The Kier molecular flexibility index (Phi) is 5.90. The summed E-state index contributed by atoms with van der Waals surface area (Å²) in [7, 11) is 0. The third kappa shape index (κ3) is 4.64. The van der Waals surface area contributed by atoms with Crippen LogP contribution in [0.15, 0.2) is 29.3 Å². The summed E-state index contributed by atoms with van der Waals surface area (Å²) in [5.74, 6) is -0.322. The van der Waals surface area contributed by atoms with Crippen molar-refractivity contribution >= 4 is 35.0 Å². The molecule has 158 valence electrons. The zero-order valence-corrected chi connectivity index (χ0v) is 18.8. The average Bonchev–Trinajstić information content (AvgIpc) is 3.05. The lowest BCUT2D eigenvalue weighted by Crippen LogP contribution is -2.37. The number of hydrogen-bond donors (Lipinski definition) is 0. The van der Waals surface area contributed by atoms with Gasteiger partial charge in [-0.05, 0) is 82.6 Å². The summed E-state index contributed by atoms with van der Waals surface area (Å²) >= 11 is 0.824. The fourth-order valence-corrected chi connectivity index (χ4v) is 3.99. The number of aryl methyl sites for hydroxylation is 2. The molecule has 2 aromatic heterocycles. The molecule has 2 amide bonds. The van der Waals surface area contributed by atoms with Gasteiger partial charge in [0.05, 0.1) is 4.91 Å². The number of imide groups is 1. The molecule has 0 unspecified atom stereocenters. The number of pyridine rings is 1. The number of aromatic nitrogens is 2. The number of ether oxygens (including phenoxy) is 1. The average molecular weight is 428 g/mol. The fraction of sp³-hybridized carbons (Fsp3) is 0.364. The molecule has 1 saturated heterocycles. The molecule has 0 bridgehead atoms. The topological polar surface area (TPSA) is 81.5 Å². The van der Waals surface area contributed by atoms with Crippen molar-refractivity contribution in [3.05, 3.63) is 51.8 Å². The number of amides is 2. The van der Waals surface area contributed by atoms with E-state index >= 15 is 0 Å². The van der Waals surface area contributed by atoms with Gasteiger partial charge in [-0.3, -0.25) is 19.3 Å². The van der Waals surface area contributed by atoms with Crippen molar-refractivity contribution in [1.29, 1.82) is 0 Å². The highest BCUT2D eigenvalue weighted by molar-refractivity contribution is 8.18. The van der Waals surface area contributed by atoms with Crippen molar-refractivity contribution < 1.29 is 19.1 Å². The lowest BCUT2D eigenvalue weighted by molar-refractivity contribution is -0.156. The number of carbonyl (C=O) groups excluding carboxylic acids is 3. The van der Waals surface area contributed by atoms with Crippen LogP contribution in [0.3, 0.4) is 0 Å². The highest BCUT2D eigenvalue weighted by Crippen LogP contribution is 2.33. The van der Waals surface area contributed by atoms with Crippen molar-refractivity contribution in [1.82, 2.24) is 14.5 Å². The van der Waals surface area contributed by atoms with E-state index in [1.165, 1.54) is 0 Å². The molecule has 0 atom stereocenters. The highest BCUT2D eigenvalue weighted by atomic mass is 32.2. The van der Waals surface area contributed by atoms with Crippen LogP contribution in [-0.2, 0) is 14.3 Å². The Morgan fingerprint density at radius 3 is 2.50 bits per heavy atom. The first-order valence-corrected chi connectivity index (χ1v) is 10.4. The van der Waals surface area contributed by atoms with Gasteiger partial charge in [0.15, 0.2) is 0 Å². The quantitative estimate of drug-likeness (QED) is 0.538. The van der Waals surface area contributed by atoms with Gasteiger partial charge in [0.2, 0.25) is 0 Å². The largest absolute Gasteiger partial charge is 0.459 e. The van der Waals surface area contributed by atoms with E-state index in [0.717, 1.165) is 45.0 Å². The summed E-state index contributed by atoms with van der Waals surface area (Å²) < 4.78 is 7.22. The molecule has 0 spiro atoms. The maximum atomic E-state index is 12.7. The number of hydrogen-bond acceptors (Lipinski definition) is 6. The van der Waals surface area contributed by atoms with Gasteiger partial charge in [-0.2, -0.15) is 0 Å². The predicted octanol–water partition coefficient (Wildman–Crippen LogP) is 4.18. The first-order valence-electron chi connectivity index (χ1n) is 9.55. The molecule has 1 aliphatic rings. The van der Waals surface area contributed by atoms with E-state index in [0.29, 0.717) is 0 Å². The Bertz CT molecular complexity index is 1050. The second-order valence-corrected chi connectivity index (χ2v) is 9.20. The van der Waals surface area contributed by atoms with Gasteiger partial charge in [0.1, 0.15) is 18.0 Å². The number of nitrogens with zero attached hydrogens (tertiary/aromatic N) is 3. The molecule has 0 aliphatic carbocycles. The summed E-state index contributed by atoms with van der Waals surface area (Å²) in [6.07, 6.45) is 3.49. The van der Waals surface area contributed by atoms with Gasteiger partial charge in [-0.25, -0.2) is 4.98 Å². The Morgan fingerprint density at radius 2 is 1.90 bits per heavy atom. The van der Waals surface area contributed by atoms with Gasteiger partial charge in [0.25, 0.3) is 11.1 Å². The van der Waals surface area contributed by atoms with Gasteiger partial charge < -0.3 is 9.30 Å². The van der Waals surface area contributed by atoms with E-state index in [2.05, 4.69) is 4.98 Å². The van der Waals surface area contributed by atoms with Crippen LogP contribution < -0.4 is 0 Å². The van der Waals surface area contributed by atoms with Crippen LogP contribution in [0.4, 0.5) is 4.79 Å². The lowest BCUT2D eigenvalue weighted by atomic mass is 10.2. The van der Waals surface area contributed by atoms with Crippen LogP contribution in [0.5, 0.6) is 0 Å². The van der Waals surface area contributed by atoms with Crippen LogP contribution in [0.2, 0.25) is 0 Å². The van der Waals surface area contributed by atoms with E-state index in [1.807, 2.05) is 43.5 Å². The van der Waals surface area contributed by atoms with Gasteiger partial charge in [-0.1, -0.05) is 6.07 Å². The molecule has 0 N–H and O–H groups in total.